The van der Waals surface area contributed by atoms with Gasteiger partial charge in [-0.1, -0.05) is 65.8 Å². The van der Waals surface area contributed by atoms with Crippen LogP contribution >= 0.6 is 0 Å². The van der Waals surface area contributed by atoms with Gasteiger partial charge in [-0.15, -0.1) is 0 Å². The summed E-state index contributed by atoms with van der Waals surface area (Å²) in [5, 5.41) is 4.47. The molecule has 1 amide bonds. The number of rotatable bonds is 5. The average Bonchev–Trinajstić information content (AvgIpc) is 3.15. The van der Waals surface area contributed by atoms with Crippen LogP contribution in [0, 0.1) is 0 Å². The van der Waals surface area contributed by atoms with Crippen molar-refractivity contribution >= 4 is 11.8 Å². The Bertz CT molecular complexity index is 798. The molecule has 2 aromatic carbocycles. The number of hydrogen-bond acceptors (Lipinski definition) is 4. The first-order chi connectivity index (χ1) is 13.4. The lowest BCUT2D eigenvalue weighted by molar-refractivity contribution is 0.0263. The van der Waals surface area contributed by atoms with E-state index in [1.807, 2.05) is 81.4 Å². The van der Waals surface area contributed by atoms with Gasteiger partial charge in [0.05, 0.1) is 6.04 Å². The van der Waals surface area contributed by atoms with Crippen molar-refractivity contribution in [2.24, 2.45) is 5.16 Å². The van der Waals surface area contributed by atoms with Gasteiger partial charge >= 0.3 is 6.09 Å². The second-order valence-corrected chi connectivity index (χ2v) is 7.93. The third kappa shape index (κ3) is 5.35. The van der Waals surface area contributed by atoms with Crippen molar-refractivity contribution in [2.75, 3.05) is 6.54 Å². The van der Waals surface area contributed by atoms with Crippen LogP contribution in [0.1, 0.15) is 44.7 Å². The van der Waals surface area contributed by atoms with Crippen LogP contribution in [0.2, 0.25) is 0 Å². The van der Waals surface area contributed by atoms with E-state index >= 15 is 0 Å². The van der Waals surface area contributed by atoms with Gasteiger partial charge in [-0.25, -0.2) is 4.79 Å². The van der Waals surface area contributed by atoms with Crippen LogP contribution in [-0.2, 0) is 16.2 Å². The molecule has 5 nitrogen and oxygen atoms in total. The number of amides is 1. The molecule has 1 aliphatic rings. The van der Waals surface area contributed by atoms with E-state index in [-0.39, 0.29) is 12.1 Å². The van der Waals surface area contributed by atoms with E-state index in [4.69, 9.17) is 9.57 Å². The fraction of sp³-hybridized carbons (Fsp3) is 0.391. The predicted molar refractivity (Wildman–Crippen MR) is 110 cm³/mol. The van der Waals surface area contributed by atoms with Crippen LogP contribution in [0.3, 0.4) is 0 Å². The topological polar surface area (TPSA) is 51.1 Å². The summed E-state index contributed by atoms with van der Waals surface area (Å²) in [4.78, 5) is 20.2. The number of hydrogen-bond donors (Lipinski definition) is 0. The molecule has 1 saturated heterocycles. The molecule has 1 fully saturated rings. The number of nitrogens with zero attached hydrogens (tertiary/aromatic N) is 2. The third-order valence-corrected chi connectivity index (χ3v) is 4.50. The zero-order chi connectivity index (χ0) is 20.0. The molecule has 0 saturated carbocycles. The Morgan fingerprint density at radius 1 is 1.07 bits per heavy atom. The molecular weight excluding hydrogens is 352 g/mol. The highest BCUT2D eigenvalue weighted by Gasteiger charge is 2.36. The SMILES string of the molecule is CC(C)(C)OC(=O)N1CCCC1C(=NOCc1ccccc1)c1ccccc1. The van der Waals surface area contributed by atoms with E-state index in [0.29, 0.717) is 13.2 Å². The van der Waals surface area contributed by atoms with Gasteiger partial charge in [0.1, 0.15) is 17.9 Å². The Kier molecular flexibility index (Phi) is 6.34. The highest BCUT2D eigenvalue weighted by atomic mass is 16.6. The van der Waals surface area contributed by atoms with Crippen molar-refractivity contribution in [3.05, 3.63) is 71.8 Å². The number of likely N-dealkylation sites (tertiary alicyclic amines) is 1. The molecule has 0 aromatic heterocycles. The van der Waals surface area contributed by atoms with Crippen molar-refractivity contribution in [3.63, 3.8) is 0 Å². The first-order valence-electron chi connectivity index (χ1n) is 9.73. The fourth-order valence-electron chi connectivity index (χ4n) is 3.26. The van der Waals surface area contributed by atoms with Crippen molar-refractivity contribution in [1.29, 1.82) is 0 Å². The van der Waals surface area contributed by atoms with Crippen LogP contribution in [0.25, 0.3) is 0 Å². The van der Waals surface area contributed by atoms with Crippen molar-refractivity contribution < 1.29 is 14.4 Å². The molecule has 0 N–H and O–H groups in total. The molecule has 28 heavy (non-hydrogen) atoms. The largest absolute Gasteiger partial charge is 0.444 e. The number of carbonyl (C=O) groups is 1. The molecule has 0 aliphatic carbocycles. The fourth-order valence-corrected chi connectivity index (χ4v) is 3.26. The summed E-state index contributed by atoms with van der Waals surface area (Å²) < 4.78 is 5.60. The molecular formula is C23H28N2O3. The maximum atomic E-state index is 12.7. The summed E-state index contributed by atoms with van der Waals surface area (Å²) in [6.45, 7) is 6.68. The summed E-state index contributed by atoms with van der Waals surface area (Å²) in [6.07, 6.45) is 1.44. The molecule has 1 unspecified atom stereocenters. The quantitative estimate of drug-likeness (QED) is 0.541. The van der Waals surface area contributed by atoms with Crippen LogP contribution < -0.4 is 0 Å². The van der Waals surface area contributed by atoms with Gasteiger partial charge in [0.25, 0.3) is 0 Å². The van der Waals surface area contributed by atoms with Crippen LogP contribution in [0.4, 0.5) is 4.79 Å². The Hall–Kier alpha value is -2.82. The zero-order valence-electron chi connectivity index (χ0n) is 16.8. The van der Waals surface area contributed by atoms with E-state index in [1.54, 1.807) is 4.90 Å². The molecule has 0 spiro atoms. The van der Waals surface area contributed by atoms with Gasteiger partial charge < -0.3 is 9.57 Å². The molecule has 148 valence electrons. The standard InChI is InChI=1S/C23H28N2O3/c1-23(2,3)28-22(26)25-16-10-15-20(25)21(19-13-8-5-9-14-19)24-27-17-18-11-6-4-7-12-18/h4-9,11-14,20H,10,15-17H2,1-3H3. The highest BCUT2D eigenvalue weighted by Crippen LogP contribution is 2.25. The zero-order valence-corrected chi connectivity index (χ0v) is 16.8. The molecule has 1 atom stereocenters. The Morgan fingerprint density at radius 2 is 1.71 bits per heavy atom. The molecule has 1 aliphatic heterocycles. The maximum absolute atomic E-state index is 12.7. The summed E-state index contributed by atoms with van der Waals surface area (Å²) in [5.74, 6) is 0. The van der Waals surface area contributed by atoms with E-state index in [1.165, 1.54) is 0 Å². The average molecular weight is 380 g/mol. The van der Waals surface area contributed by atoms with Gasteiger partial charge in [-0.05, 0) is 39.2 Å². The number of ether oxygens (including phenoxy) is 1. The Morgan fingerprint density at radius 3 is 2.36 bits per heavy atom. The lowest BCUT2D eigenvalue weighted by Crippen LogP contribution is -2.43. The second kappa shape index (κ2) is 8.91. The minimum absolute atomic E-state index is 0.159. The second-order valence-electron chi connectivity index (χ2n) is 7.93. The Labute approximate surface area is 166 Å². The van der Waals surface area contributed by atoms with E-state index in [2.05, 4.69) is 5.16 Å². The van der Waals surface area contributed by atoms with Crippen LogP contribution in [-0.4, -0.2) is 34.9 Å². The van der Waals surface area contributed by atoms with E-state index in [9.17, 15) is 4.79 Å². The monoisotopic (exact) mass is 380 g/mol. The van der Waals surface area contributed by atoms with E-state index in [0.717, 1.165) is 29.7 Å². The minimum atomic E-state index is -0.530. The van der Waals surface area contributed by atoms with Gasteiger partial charge in [-0.2, -0.15) is 0 Å². The van der Waals surface area contributed by atoms with Crippen LogP contribution in [0.15, 0.2) is 65.8 Å². The smallest absolute Gasteiger partial charge is 0.410 e. The van der Waals surface area contributed by atoms with Gasteiger partial charge in [0.15, 0.2) is 0 Å². The molecule has 0 bridgehead atoms. The first-order valence-corrected chi connectivity index (χ1v) is 9.73. The number of benzene rings is 2. The molecule has 2 aromatic rings. The summed E-state index contributed by atoms with van der Waals surface area (Å²) >= 11 is 0. The Balaban J connectivity index is 1.81. The summed E-state index contributed by atoms with van der Waals surface area (Å²) in [5.41, 5.74) is 2.24. The molecule has 1 heterocycles. The maximum Gasteiger partial charge on any atom is 0.410 e. The lowest BCUT2D eigenvalue weighted by Gasteiger charge is -2.29. The summed E-state index contributed by atoms with van der Waals surface area (Å²) in [6, 6.07) is 19.7. The lowest BCUT2D eigenvalue weighted by atomic mass is 10.0. The van der Waals surface area contributed by atoms with Crippen molar-refractivity contribution in [2.45, 2.75) is 51.9 Å². The van der Waals surface area contributed by atoms with Gasteiger partial charge in [-0.3, -0.25) is 4.90 Å². The third-order valence-electron chi connectivity index (χ3n) is 4.50. The molecule has 3 rings (SSSR count). The molecule has 5 heteroatoms. The van der Waals surface area contributed by atoms with Gasteiger partial charge in [0.2, 0.25) is 0 Å². The van der Waals surface area contributed by atoms with Crippen LogP contribution in [0.5, 0.6) is 0 Å². The summed E-state index contributed by atoms with van der Waals surface area (Å²) in [7, 11) is 0. The number of oxime groups is 1. The normalized spacial score (nSPS) is 17.5. The first kappa shape index (κ1) is 19.9. The number of carbonyl (C=O) groups excluding carboxylic acids is 1. The highest BCUT2D eigenvalue weighted by molar-refractivity contribution is 6.05. The predicted octanol–water partition coefficient (Wildman–Crippen LogP) is 5.01. The van der Waals surface area contributed by atoms with Crippen molar-refractivity contribution in [3.8, 4) is 0 Å². The van der Waals surface area contributed by atoms with Gasteiger partial charge in [0, 0.05) is 12.1 Å². The molecule has 0 radical (unpaired) electrons. The van der Waals surface area contributed by atoms with E-state index < -0.39 is 5.60 Å². The minimum Gasteiger partial charge on any atom is -0.444 e. The van der Waals surface area contributed by atoms with Crippen molar-refractivity contribution in [1.82, 2.24) is 4.90 Å².